The summed E-state index contributed by atoms with van der Waals surface area (Å²) >= 11 is 3.20. The molecule has 0 saturated carbocycles. The molecule has 1 aromatic carbocycles. The fourth-order valence-corrected chi connectivity index (χ4v) is 2.02. The van der Waals surface area contributed by atoms with Crippen LogP contribution >= 0.6 is 15.9 Å². The maximum Gasteiger partial charge on any atom is 0.416 e. The normalized spacial score (nSPS) is 11.4. The van der Waals surface area contributed by atoms with E-state index in [1.54, 1.807) is 18.3 Å². The van der Waals surface area contributed by atoms with Crippen molar-refractivity contribution in [1.82, 2.24) is 4.98 Å². The van der Waals surface area contributed by atoms with Gasteiger partial charge in [-0.1, -0.05) is 0 Å². The number of rotatable bonds is 3. The van der Waals surface area contributed by atoms with Gasteiger partial charge in [-0.25, -0.2) is 9.37 Å². The number of anilines is 1. The summed E-state index contributed by atoms with van der Waals surface area (Å²) in [5.74, 6) is -0.915. The van der Waals surface area contributed by atoms with Crippen LogP contribution in [0.3, 0.4) is 0 Å². The summed E-state index contributed by atoms with van der Waals surface area (Å²) in [5.41, 5.74) is -0.182. The molecule has 106 valence electrons. The van der Waals surface area contributed by atoms with E-state index >= 15 is 0 Å². The summed E-state index contributed by atoms with van der Waals surface area (Å²) in [6, 6.07) is 5.84. The molecule has 0 atom stereocenters. The number of nitrogens with one attached hydrogen (secondary N) is 1. The van der Waals surface area contributed by atoms with Crippen LogP contribution in [-0.4, -0.2) is 4.98 Å². The predicted molar refractivity (Wildman–Crippen MR) is 70.7 cm³/mol. The number of alkyl halides is 3. The molecular weight excluding hydrogens is 340 g/mol. The fourth-order valence-electron chi connectivity index (χ4n) is 1.63. The van der Waals surface area contributed by atoms with E-state index in [-0.39, 0.29) is 12.1 Å². The average molecular weight is 349 g/mol. The summed E-state index contributed by atoms with van der Waals surface area (Å²) in [6.07, 6.45) is -3.00. The van der Waals surface area contributed by atoms with E-state index in [4.69, 9.17) is 0 Å². The Labute approximate surface area is 121 Å². The van der Waals surface area contributed by atoms with Crippen LogP contribution in [0.2, 0.25) is 0 Å². The molecule has 1 aromatic heterocycles. The molecule has 0 saturated heterocycles. The van der Waals surface area contributed by atoms with Gasteiger partial charge in [0.05, 0.1) is 11.3 Å². The standard InChI is InChI=1S/C13H9BrF4N2/c14-12-11(2-1-3-19-12)20-7-8-4-9(13(16,17)18)6-10(15)5-8/h1-6,20H,7H2. The van der Waals surface area contributed by atoms with Crippen molar-refractivity contribution in [2.45, 2.75) is 12.7 Å². The molecule has 0 radical (unpaired) electrons. The van der Waals surface area contributed by atoms with Crippen molar-refractivity contribution in [3.8, 4) is 0 Å². The molecule has 0 amide bonds. The molecule has 20 heavy (non-hydrogen) atoms. The second-order valence-electron chi connectivity index (χ2n) is 4.04. The molecule has 0 spiro atoms. The molecular formula is C13H9BrF4N2. The smallest absolute Gasteiger partial charge is 0.379 e. The predicted octanol–water partition coefficient (Wildman–Crippen LogP) is 4.61. The molecule has 2 rings (SSSR count). The van der Waals surface area contributed by atoms with Gasteiger partial charge in [-0.15, -0.1) is 0 Å². The Morgan fingerprint density at radius 2 is 1.95 bits per heavy atom. The van der Waals surface area contributed by atoms with E-state index in [0.29, 0.717) is 16.4 Å². The van der Waals surface area contributed by atoms with Crippen molar-refractivity contribution in [3.63, 3.8) is 0 Å². The molecule has 0 aliphatic carbocycles. The van der Waals surface area contributed by atoms with Crippen LogP contribution in [0.5, 0.6) is 0 Å². The minimum Gasteiger partial charge on any atom is -0.379 e. The first-order valence-electron chi connectivity index (χ1n) is 5.57. The van der Waals surface area contributed by atoms with E-state index in [0.717, 1.165) is 12.1 Å². The van der Waals surface area contributed by atoms with Crippen molar-refractivity contribution < 1.29 is 17.6 Å². The highest BCUT2D eigenvalue weighted by atomic mass is 79.9. The Morgan fingerprint density at radius 1 is 1.20 bits per heavy atom. The van der Waals surface area contributed by atoms with Crippen molar-refractivity contribution in [2.24, 2.45) is 0 Å². The number of pyridine rings is 1. The maximum absolute atomic E-state index is 13.2. The van der Waals surface area contributed by atoms with Crippen LogP contribution in [0.25, 0.3) is 0 Å². The Balaban J connectivity index is 2.18. The van der Waals surface area contributed by atoms with Gasteiger partial charge >= 0.3 is 6.18 Å². The number of hydrogen-bond acceptors (Lipinski definition) is 2. The number of hydrogen-bond donors (Lipinski definition) is 1. The first kappa shape index (κ1) is 14.8. The van der Waals surface area contributed by atoms with Crippen molar-refractivity contribution >= 4 is 21.6 Å². The van der Waals surface area contributed by atoms with E-state index in [9.17, 15) is 17.6 Å². The van der Waals surface area contributed by atoms with Gasteiger partial charge in [0.1, 0.15) is 10.4 Å². The van der Waals surface area contributed by atoms with Crippen LogP contribution in [0.1, 0.15) is 11.1 Å². The second-order valence-corrected chi connectivity index (χ2v) is 4.79. The second kappa shape index (κ2) is 5.78. The van der Waals surface area contributed by atoms with Crippen LogP contribution < -0.4 is 5.32 Å². The summed E-state index contributed by atoms with van der Waals surface area (Å²) < 4.78 is 51.5. The van der Waals surface area contributed by atoms with E-state index in [1.165, 1.54) is 0 Å². The van der Waals surface area contributed by atoms with Crippen molar-refractivity contribution in [1.29, 1.82) is 0 Å². The third kappa shape index (κ3) is 3.69. The highest BCUT2D eigenvalue weighted by Crippen LogP contribution is 2.30. The fraction of sp³-hybridized carbons (Fsp3) is 0.154. The van der Waals surface area contributed by atoms with E-state index in [2.05, 4.69) is 26.2 Å². The number of aromatic nitrogens is 1. The Bertz CT molecular complexity index is 614. The topological polar surface area (TPSA) is 24.9 Å². The Hall–Kier alpha value is -1.63. The molecule has 0 unspecified atom stereocenters. The highest BCUT2D eigenvalue weighted by molar-refractivity contribution is 9.10. The summed E-state index contributed by atoms with van der Waals surface area (Å²) in [5, 5.41) is 2.89. The molecule has 1 N–H and O–H groups in total. The zero-order valence-electron chi connectivity index (χ0n) is 10.0. The molecule has 0 aliphatic heterocycles. The molecule has 0 aliphatic rings. The van der Waals surface area contributed by atoms with Gasteiger partial charge in [0.15, 0.2) is 0 Å². The summed E-state index contributed by atoms with van der Waals surface area (Å²) in [7, 11) is 0. The zero-order valence-corrected chi connectivity index (χ0v) is 11.6. The summed E-state index contributed by atoms with van der Waals surface area (Å²) in [6.45, 7) is 0.0606. The Kier molecular flexibility index (Phi) is 4.27. The minimum atomic E-state index is -4.56. The van der Waals surface area contributed by atoms with Crippen LogP contribution in [-0.2, 0) is 12.7 Å². The monoisotopic (exact) mass is 348 g/mol. The maximum atomic E-state index is 13.2. The largest absolute Gasteiger partial charge is 0.416 e. The third-order valence-corrected chi connectivity index (χ3v) is 3.16. The SMILES string of the molecule is Fc1cc(CNc2cccnc2Br)cc(C(F)(F)F)c1. The summed E-state index contributed by atoms with van der Waals surface area (Å²) in [4.78, 5) is 3.97. The van der Waals surface area contributed by atoms with Gasteiger partial charge in [0, 0.05) is 12.7 Å². The van der Waals surface area contributed by atoms with E-state index < -0.39 is 17.6 Å². The zero-order chi connectivity index (χ0) is 14.8. The van der Waals surface area contributed by atoms with Crippen molar-refractivity contribution in [3.05, 3.63) is 58.1 Å². The highest BCUT2D eigenvalue weighted by Gasteiger charge is 2.31. The van der Waals surface area contributed by atoms with Gasteiger partial charge in [-0.05, 0) is 51.8 Å². The van der Waals surface area contributed by atoms with Gasteiger partial charge in [0.2, 0.25) is 0 Å². The quantitative estimate of drug-likeness (QED) is 0.646. The van der Waals surface area contributed by atoms with Gasteiger partial charge in [-0.2, -0.15) is 13.2 Å². The van der Waals surface area contributed by atoms with Crippen LogP contribution in [0.15, 0.2) is 41.1 Å². The first-order valence-corrected chi connectivity index (χ1v) is 6.36. The average Bonchev–Trinajstić information content (AvgIpc) is 2.36. The minimum absolute atomic E-state index is 0.0606. The van der Waals surface area contributed by atoms with Crippen molar-refractivity contribution in [2.75, 3.05) is 5.32 Å². The third-order valence-electron chi connectivity index (χ3n) is 2.53. The Morgan fingerprint density at radius 3 is 2.60 bits per heavy atom. The van der Waals surface area contributed by atoms with Crippen LogP contribution in [0, 0.1) is 5.82 Å². The lowest BCUT2D eigenvalue weighted by Crippen LogP contribution is -2.08. The van der Waals surface area contributed by atoms with Gasteiger partial charge in [-0.3, -0.25) is 0 Å². The van der Waals surface area contributed by atoms with Gasteiger partial charge < -0.3 is 5.32 Å². The molecule has 2 nitrogen and oxygen atoms in total. The number of benzene rings is 1. The lowest BCUT2D eigenvalue weighted by atomic mass is 10.1. The van der Waals surface area contributed by atoms with Crippen LogP contribution in [0.4, 0.5) is 23.2 Å². The molecule has 0 fully saturated rings. The number of halogens is 5. The lowest BCUT2D eigenvalue weighted by molar-refractivity contribution is -0.137. The van der Waals surface area contributed by atoms with E-state index in [1.807, 2.05) is 0 Å². The molecule has 7 heteroatoms. The molecule has 0 bridgehead atoms. The lowest BCUT2D eigenvalue weighted by Gasteiger charge is -2.11. The molecule has 2 aromatic rings. The van der Waals surface area contributed by atoms with Gasteiger partial charge in [0.25, 0.3) is 0 Å². The first-order chi connectivity index (χ1) is 9.36. The number of nitrogens with zero attached hydrogens (tertiary/aromatic N) is 1. The molecule has 1 heterocycles.